The quantitative estimate of drug-likeness (QED) is 0.448. The van der Waals surface area contributed by atoms with Crippen molar-refractivity contribution in [3.63, 3.8) is 0 Å². The first-order valence-corrected chi connectivity index (χ1v) is 3.82. The Bertz CT molecular complexity index is 112. The Labute approximate surface area is 55.3 Å². The minimum absolute atomic E-state index is 0.878. The maximum Gasteiger partial charge on any atom is -0.000925 e. The van der Waals surface area contributed by atoms with Crippen molar-refractivity contribution in [2.24, 2.45) is 11.8 Å². The van der Waals surface area contributed by atoms with Gasteiger partial charge in [0.1, 0.15) is 0 Å². The maximum atomic E-state index is 5.18. The van der Waals surface area contributed by atoms with Gasteiger partial charge in [-0.3, -0.25) is 0 Å². The van der Waals surface area contributed by atoms with Gasteiger partial charge in [-0.2, -0.15) is 0 Å². The molecule has 0 spiro atoms. The van der Waals surface area contributed by atoms with Crippen LogP contribution in [-0.2, 0) is 0 Å². The molecule has 0 nitrogen and oxygen atoms in total. The molecule has 2 atom stereocenters. The summed E-state index contributed by atoms with van der Waals surface area (Å²) >= 11 is 5.18. The van der Waals surface area contributed by atoms with Crippen LogP contribution in [0.3, 0.4) is 0 Å². The second kappa shape index (κ2) is 1.53. The third-order valence-corrected chi connectivity index (χ3v) is 3.15. The Kier molecular flexibility index (Phi) is 0.944. The highest BCUT2D eigenvalue weighted by Crippen LogP contribution is 2.42. The van der Waals surface area contributed by atoms with Gasteiger partial charge in [0.15, 0.2) is 0 Å². The summed E-state index contributed by atoms with van der Waals surface area (Å²) < 4.78 is 0. The Balaban J connectivity index is 2.13. The van der Waals surface area contributed by atoms with E-state index in [0.29, 0.717) is 0 Å². The summed E-state index contributed by atoms with van der Waals surface area (Å²) in [6, 6.07) is 0. The summed E-state index contributed by atoms with van der Waals surface area (Å²) in [5, 5.41) is 0. The zero-order valence-corrected chi connectivity index (χ0v) is 5.71. The smallest absolute Gasteiger partial charge is 0.000925 e. The van der Waals surface area contributed by atoms with Gasteiger partial charge in [0.05, 0.1) is 0 Å². The minimum atomic E-state index is 0.878. The molecule has 0 heterocycles. The first-order valence-electron chi connectivity index (χ1n) is 3.41. The summed E-state index contributed by atoms with van der Waals surface area (Å²) in [6.07, 6.45) is 5.67. The van der Waals surface area contributed by atoms with E-state index in [2.05, 4.69) is 0 Å². The first-order chi connectivity index (χ1) is 3.88. The summed E-state index contributed by atoms with van der Waals surface area (Å²) in [4.78, 5) is 1.40. The molecule has 0 saturated heterocycles. The van der Waals surface area contributed by atoms with Gasteiger partial charge in [0.2, 0.25) is 0 Å². The normalized spacial score (nSPS) is 43.8. The third kappa shape index (κ3) is 0.482. The van der Waals surface area contributed by atoms with Gasteiger partial charge < -0.3 is 0 Å². The van der Waals surface area contributed by atoms with Crippen molar-refractivity contribution >= 4 is 17.1 Å². The van der Waals surface area contributed by atoms with Gasteiger partial charge in [-0.05, 0) is 36.0 Å². The van der Waals surface area contributed by atoms with E-state index in [0.717, 1.165) is 11.8 Å². The summed E-state index contributed by atoms with van der Waals surface area (Å²) in [5.74, 6) is 1.76. The second-order valence-electron chi connectivity index (χ2n) is 2.96. The van der Waals surface area contributed by atoms with Gasteiger partial charge in [0.25, 0.3) is 0 Å². The van der Waals surface area contributed by atoms with Crippen molar-refractivity contribution in [1.29, 1.82) is 0 Å². The van der Waals surface area contributed by atoms with Gasteiger partial charge >= 0.3 is 0 Å². The van der Waals surface area contributed by atoms with E-state index in [1.807, 2.05) is 0 Å². The van der Waals surface area contributed by atoms with Crippen LogP contribution >= 0.6 is 12.2 Å². The first kappa shape index (κ1) is 4.92. The van der Waals surface area contributed by atoms with Crippen molar-refractivity contribution in [3.8, 4) is 0 Å². The van der Waals surface area contributed by atoms with Crippen LogP contribution in [0.1, 0.15) is 25.7 Å². The molecule has 0 aromatic carbocycles. The molecular weight excluding hydrogens is 116 g/mol. The van der Waals surface area contributed by atoms with Crippen LogP contribution < -0.4 is 0 Å². The van der Waals surface area contributed by atoms with Crippen molar-refractivity contribution in [3.05, 3.63) is 0 Å². The molecule has 2 unspecified atom stereocenters. The molecule has 0 radical (unpaired) electrons. The lowest BCUT2D eigenvalue weighted by Crippen LogP contribution is -2.39. The number of thiocarbonyl (C=S) groups is 1. The average Bonchev–Trinajstić information content (AvgIpc) is 1.89. The number of fused-ring (bicyclic) bond motifs is 2. The summed E-state index contributed by atoms with van der Waals surface area (Å²) in [7, 11) is 0. The molecule has 3 aliphatic rings. The lowest BCUT2D eigenvalue weighted by Gasteiger charge is -2.41. The second-order valence-corrected chi connectivity index (χ2v) is 3.43. The molecule has 2 bridgehead atoms. The molecule has 0 aromatic rings. The lowest BCUT2D eigenvalue weighted by molar-refractivity contribution is 0.311. The van der Waals surface area contributed by atoms with E-state index in [1.165, 1.54) is 30.5 Å². The third-order valence-electron chi connectivity index (χ3n) is 2.48. The fourth-order valence-electron chi connectivity index (χ4n) is 1.88. The highest BCUT2D eigenvalue weighted by atomic mass is 32.1. The number of hydrogen-bond donors (Lipinski definition) is 0. The molecule has 0 aromatic heterocycles. The van der Waals surface area contributed by atoms with Crippen molar-refractivity contribution < 1.29 is 0 Å². The van der Waals surface area contributed by atoms with E-state index in [-0.39, 0.29) is 0 Å². The minimum Gasteiger partial charge on any atom is -0.0891 e. The van der Waals surface area contributed by atoms with Gasteiger partial charge in [-0.25, -0.2) is 0 Å². The van der Waals surface area contributed by atoms with Crippen LogP contribution in [0.15, 0.2) is 0 Å². The largest absolute Gasteiger partial charge is 0.0891 e. The van der Waals surface area contributed by atoms with Crippen molar-refractivity contribution in [2.45, 2.75) is 25.7 Å². The molecule has 0 amide bonds. The van der Waals surface area contributed by atoms with E-state index in [1.54, 1.807) is 0 Å². The van der Waals surface area contributed by atoms with Crippen molar-refractivity contribution in [1.82, 2.24) is 0 Å². The van der Waals surface area contributed by atoms with Gasteiger partial charge in [-0.15, -0.1) is 0 Å². The molecule has 8 heavy (non-hydrogen) atoms. The number of rotatable bonds is 0. The molecule has 44 valence electrons. The highest BCUT2D eigenvalue weighted by Gasteiger charge is 2.38. The zero-order chi connectivity index (χ0) is 5.56. The summed E-state index contributed by atoms with van der Waals surface area (Å²) in [5.41, 5.74) is 0. The zero-order valence-electron chi connectivity index (χ0n) is 4.89. The Morgan fingerprint density at radius 2 is 1.88 bits per heavy atom. The predicted octanol–water partition coefficient (Wildman–Crippen LogP) is 2.18. The Hall–Kier alpha value is 0.0900. The molecule has 0 N–H and O–H groups in total. The summed E-state index contributed by atoms with van der Waals surface area (Å²) in [6.45, 7) is 0. The van der Waals surface area contributed by atoms with E-state index in [9.17, 15) is 0 Å². The van der Waals surface area contributed by atoms with Crippen LogP contribution in [0.4, 0.5) is 0 Å². The topological polar surface area (TPSA) is 0 Å². The molecule has 0 aliphatic heterocycles. The maximum absolute atomic E-state index is 5.18. The van der Waals surface area contributed by atoms with Crippen LogP contribution in [0.2, 0.25) is 0 Å². The van der Waals surface area contributed by atoms with Gasteiger partial charge in [0, 0.05) is 0 Å². The van der Waals surface area contributed by atoms with Gasteiger partial charge in [-0.1, -0.05) is 18.6 Å². The molecule has 3 aliphatic carbocycles. The molecule has 3 fully saturated rings. The van der Waals surface area contributed by atoms with Crippen LogP contribution in [0.5, 0.6) is 0 Å². The molecule has 1 heteroatoms. The van der Waals surface area contributed by atoms with Crippen molar-refractivity contribution in [2.75, 3.05) is 0 Å². The fourth-order valence-corrected chi connectivity index (χ4v) is 2.31. The standard InChI is InChI=1S/C7H10S/c8-7-5-2-1-3-6(7)4-5/h5-6H,1-4H2. The SMILES string of the molecule is S=C1C2CCCC1C2. The fraction of sp³-hybridized carbons (Fsp3) is 0.857. The lowest BCUT2D eigenvalue weighted by atomic mass is 9.65. The van der Waals surface area contributed by atoms with Crippen LogP contribution in [-0.4, -0.2) is 4.86 Å². The molecule has 3 saturated carbocycles. The van der Waals surface area contributed by atoms with E-state index in [4.69, 9.17) is 12.2 Å². The average molecular weight is 126 g/mol. The van der Waals surface area contributed by atoms with Crippen LogP contribution in [0, 0.1) is 11.8 Å². The predicted molar refractivity (Wildman–Crippen MR) is 38.0 cm³/mol. The monoisotopic (exact) mass is 126 g/mol. The Morgan fingerprint density at radius 1 is 1.25 bits per heavy atom. The van der Waals surface area contributed by atoms with Crippen LogP contribution in [0.25, 0.3) is 0 Å². The number of hydrogen-bond acceptors (Lipinski definition) is 1. The Morgan fingerprint density at radius 3 is 2.12 bits per heavy atom. The highest BCUT2D eigenvalue weighted by molar-refractivity contribution is 7.80. The van der Waals surface area contributed by atoms with E-state index < -0.39 is 0 Å². The molecular formula is C7H10S. The molecule has 3 rings (SSSR count). The van der Waals surface area contributed by atoms with E-state index >= 15 is 0 Å².